The fraction of sp³-hybridized carbons (Fsp3) is 0.615. The van der Waals surface area contributed by atoms with Crippen molar-refractivity contribution in [3.63, 3.8) is 0 Å². The highest BCUT2D eigenvalue weighted by Gasteiger charge is 2.27. The van der Waals surface area contributed by atoms with E-state index in [2.05, 4.69) is 32.6 Å². The molecule has 0 bridgehead atoms. The Hall–Kier alpha value is -0.660. The highest BCUT2D eigenvalue weighted by molar-refractivity contribution is 9.10. The van der Waals surface area contributed by atoms with E-state index in [1.807, 2.05) is 0 Å². The van der Waals surface area contributed by atoms with Gasteiger partial charge in [-0.2, -0.15) is 0 Å². The molecule has 1 aliphatic rings. The van der Waals surface area contributed by atoms with Gasteiger partial charge in [0.2, 0.25) is 10.0 Å². The first-order valence-electron chi connectivity index (χ1n) is 6.83. The number of pyridine rings is 1. The Morgan fingerprint density at radius 3 is 2.80 bits per heavy atom. The van der Waals surface area contributed by atoms with Crippen LogP contribution in [-0.2, 0) is 10.0 Å². The van der Waals surface area contributed by atoms with Gasteiger partial charge in [-0.15, -0.1) is 0 Å². The molecule has 1 fully saturated rings. The third kappa shape index (κ3) is 3.71. The first-order chi connectivity index (χ1) is 9.40. The molecule has 2 rings (SSSR count). The van der Waals surface area contributed by atoms with Gasteiger partial charge in [-0.05, 0) is 40.8 Å². The Kier molecular flexibility index (Phi) is 5.04. The molecule has 0 saturated heterocycles. The summed E-state index contributed by atoms with van der Waals surface area (Å²) in [6.07, 6.45) is 6.82. The molecule has 112 valence electrons. The second-order valence-electron chi connectivity index (χ2n) is 5.38. The highest BCUT2D eigenvalue weighted by Crippen LogP contribution is 2.26. The first-order valence-corrected chi connectivity index (χ1v) is 9.11. The van der Waals surface area contributed by atoms with E-state index in [1.54, 1.807) is 0 Å². The Morgan fingerprint density at radius 1 is 1.35 bits per heavy atom. The van der Waals surface area contributed by atoms with E-state index in [4.69, 9.17) is 5.73 Å². The smallest absolute Gasteiger partial charge is 0.244 e. The van der Waals surface area contributed by atoms with Gasteiger partial charge in [0.05, 0.1) is 0 Å². The molecule has 1 aliphatic carbocycles. The van der Waals surface area contributed by atoms with Gasteiger partial charge < -0.3 is 5.73 Å². The lowest BCUT2D eigenvalue weighted by molar-refractivity contribution is 0.399. The van der Waals surface area contributed by atoms with Crippen molar-refractivity contribution in [1.82, 2.24) is 9.71 Å². The zero-order valence-electron chi connectivity index (χ0n) is 11.5. The summed E-state index contributed by atoms with van der Waals surface area (Å²) < 4.78 is 28.4. The molecule has 0 aliphatic heterocycles. The molecule has 20 heavy (non-hydrogen) atoms. The van der Waals surface area contributed by atoms with Crippen LogP contribution < -0.4 is 10.5 Å². The molecule has 1 aromatic rings. The zero-order chi connectivity index (χ0) is 14.8. The first kappa shape index (κ1) is 15.7. The van der Waals surface area contributed by atoms with E-state index in [0.717, 1.165) is 19.3 Å². The summed E-state index contributed by atoms with van der Waals surface area (Å²) in [5.41, 5.74) is 5.70. The van der Waals surface area contributed by atoms with Crippen molar-refractivity contribution in [3.05, 3.63) is 16.7 Å². The Bertz CT molecular complexity index is 577. The van der Waals surface area contributed by atoms with Gasteiger partial charge in [-0.3, -0.25) is 0 Å². The molecule has 0 radical (unpaired) electrons. The van der Waals surface area contributed by atoms with Crippen LogP contribution in [0.25, 0.3) is 0 Å². The number of nitrogen functional groups attached to an aromatic ring is 1. The van der Waals surface area contributed by atoms with Crippen molar-refractivity contribution in [2.75, 3.05) is 5.73 Å². The lowest BCUT2D eigenvalue weighted by atomic mass is 9.98. The monoisotopic (exact) mass is 361 g/mol. The summed E-state index contributed by atoms with van der Waals surface area (Å²) in [4.78, 5) is 3.93. The maximum atomic E-state index is 12.5. The molecule has 1 heterocycles. The summed E-state index contributed by atoms with van der Waals surface area (Å²) in [5, 5.41) is 0. The summed E-state index contributed by atoms with van der Waals surface area (Å²) >= 11 is 3.23. The second kappa shape index (κ2) is 6.41. The Labute approximate surface area is 128 Å². The molecule has 3 N–H and O–H groups in total. The molecule has 2 unspecified atom stereocenters. The van der Waals surface area contributed by atoms with Crippen LogP contribution in [0.5, 0.6) is 0 Å². The standard InChI is InChI=1S/C13H20BrN3O2S/c1-9-5-3-2-4-6-11(9)17-20(18,19)12-7-10(14)8-16-13(12)15/h7-9,11,17H,2-6H2,1H3,(H2,15,16). The quantitative estimate of drug-likeness (QED) is 0.810. The molecular formula is C13H20BrN3O2S. The number of nitrogens with zero attached hydrogens (tertiary/aromatic N) is 1. The van der Waals surface area contributed by atoms with E-state index >= 15 is 0 Å². The number of aromatic nitrogens is 1. The number of sulfonamides is 1. The van der Waals surface area contributed by atoms with Crippen LogP contribution in [0, 0.1) is 5.92 Å². The van der Waals surface area contributed by atoms with Crippen LogP contribution in [0.2, 0.25) is 0 Å². The minimum Gasteiger partial charge on any atom is -0.383 e. The van der Waals surface area contributed by atoms with E-state index in [9.17, 15) is 8.42 Å². The number of nitrogens with one attached hydrogen (secondary N) is 1. The predicted octanol–water partition coefficient (Wildman–Crippen LogP) is 2.67. The third-order valence-electron chi connectivity index (χ3n) is 3.81. The van der Waals surface area contributed by atoms with Crippen molar-refractivity contribution in [2.24, 2.45) is 5.92 Å². The van der Waals surface area contributed by atoms with Crippen LogP contribution in [0.4, 0.5) is 5.82 Å². The SMILES string of the molecule is CC1CCCCCC1NS(=O)(=O)c1cc(Br)cnc1N. The molecule has 1 aromatic heterocycles. The van der Waals surface area contributed by atoms with Gasteiger partial charge in [0, 0.05) is 16.7 Å². The van der Waals surface area contributed by atoms with Crippen LogP contribution in [-0.4, -0.2) is 19.4 Å². The van der Waals surface area contributed by atoms with Crippen LogP contribution in [0.1, 0.15) is 39.0 Å². The molecule has 2 atom stereocenters. The van der Waals surface area contributed by atoms with E-state index in [-0.39, 0.29) is 16.8 Å². The van der Waals surface area contributed by atoms with E-state index in [0.29, 0.717) is 10.4 Å². The molecule has 5 nitrogen and oxygen atoms in total. The van der Waals surface area contributed by atoms with Gasteiger partial charge in [-0.25, -0.2) is 18.1 Å². The van der Waals surface area contributed by atoms with Crippen molar-refractivity contribution in [3.8, 4) is 0 Å². The van der Waals surface area contributed by atoms with Crippen LogP contribution in [0.15, 0.2) is 21.6 Å². The van der Waals surface area contributed by atoms with Gasteiger partial charge in [0.15, 0.2) is 0 Å². The molecule has 0 spiro atoms. The fourth-order valence-electron chi connectivity index (χ4n) is 2.58. The minimum atomic E-state index is -3.63. The normalized spacial score (nSPS) is 24.3. The van der Waals surface area contributed by atoms with Crippen molar-refractivity contribution in [1.29, 1.82) is 0 Å². The van der Waals surface area contributed by atoms with Gasteiger partial charge in [0.1, 0.15) is 10.7 Å². The molecule has 7 heteroatoms. The number of halogens is 1. The maximum absolute atomic E-state index is 12.5. The van der Waals surface area contributed by atoms with Crippen LogP contribution in [0.3, 0.4) is 0 Å². The molecule has 1 saturated carbocycles. The van der Waals surface area contributed by atoms with Crippen molar-refractivity contribution >= 4 is 31.8 Å². The average molecular weight is 362 g/mol. The topological polar surface area (TPSA) is 85.1 Å². The zero-order valence-corrected chi connectivity index (χ0v) is 13.9. The summed E-state index contributed by atoms with van der Waals surface area (Å²) in [5.74, 6) is 0.371. The van der Waals surface area contributed by atoms with Crippen molar-refractivity contribution < 1.29 is 8.42 Å². The predicted molar refractivity (Wildman–Crippen MR) is 82.7 cm³/mol. The largest absolute Gasteiger partial charge is 0.383 e. The average Bonchev–Trinajstić information content (AvgIpc) is 2.57. The van der Waals surface area contributed by atoms with E-state index in [1.165, 1.54) is 25.1 Å². The van der Waals surface area contributed by atoms with Gasteiger partial charge in [0.25, 0.3) is 0 Å². The lowest BCUT2D eigenvalue weighted by Gasteiger charge is -2.22. The third-order valence-corrected chi connectivity index (χ3v) is 5.76. The second-order valence-corrected chi connectivity index (χ2v) is 7.98. The number of hydrogen-bond donors (Lipinski definition) is 2. The van der Waals surface area contributed by atoms with Gasteiger partial charge in [-0.1, -0.05) is 26.2 Å². The van der Waals surface area contributed by atoms with E-state index < -0.39 is 10.0 Å². The number of hydrogen-bond acceptors (Lipinski definition) is 4. The van der Waals surface area contributed by atoms with Gasteiger partial charge >= 0.3 is 0 Å². The minimum absolute atomic E-state index is 0.0270. The number of rotatable bonds is 3. The summed E-state index contributed by atoms with van der Waals surface area (Å²) in [6, 6.07) is 1.47. The maximum Gasteiger partial charge on any atom is 0.244 e. The molecule has 0 aromatic carbocycles. The Balaban J connectivity index is 2.24. The van der Waals surface area contributed by atoms with Crippen LogP contribution >= 0.6 is 15.9 Å². The summed E-state index contributed by atoms with van der Waals surface area (Å²) in [6.45, 7) is 2.10. The summed E-state index contributed by atoms with van der Waals surface area (Å²) in [7, 11) is -3.63. The number of nitrogens with two attached hydrogens (primary N) is 1. The van der Waals surface area contributed by atoms with Crippen molar-refractivity contribution in [2.45, 2.75) is 50.0 Å². The lowest BCUT2D eigenvalue weighted by Crippen LogP contribution is -2.39. The molecular weight excluding hydrogens is 342 g/mol. The number of anilines is 1. The Morgan fingerprint density at radius 2 is 2.05 bits per heavy atom. The highest BCUT2D eigenvalue weighted by atomic mass is 79.9. The molecule has 0 amide bonds. The fourth-order valence-corrected chi connectivity index (χ4v) is 4.55.